The predicted octanol–water partition coefficient (Wildman–Crippen LogP) is 1.32. The molecule has 0 aromatic heterocycles. The van der Waals surface area contributed by atoms with Crippen molar-refractivity contribution in [2.45, 2.75) is 60.1 Å². The molecule has 0 saturated carbocycles. The largest absolute Gasteiger partial charge is 0.444 e. The Morgan fingerprint density at radius 2 is 1.65 bits per heavy atom. The van der Waals surface area contributed by atoms with Crippen molar-refractivity contribution in [1.82, 2.24) is 20.9 Å². The minimum Gasteiger partial charge on any atom is -0.444 e. The summed E-state index contributed by atoms with van der Waals surface area (Å²) in [6, 6.07) is 0.118. The molecule has 0 spiro atoms. The van der Waals surface area contributed by atoms with Crippen molar-refractivity contribution in [3.8, 4) is 0 Å². The molecule has 26 heavy (non-hydrogen) atoms. The van der Waals surface area contributed by atoms with Crippen molar-refractivity contribution in [3.63, 3.8) is 0 Å². The normalized spacial score (nSPS) is 16.0. The number of ether oxygens (including phenoxy) is 1. The molecule has 1 fully saturated rings. The number of carbonyl (C=O) groups is 2. The highest BCUT2D eigenvalue weighted by molar-refractivity contribution is 5.84. The first kappa shape index (κ1) is 22.1. The van der Waals surface area contributed by atoms with Crippen LogP contribution < -0.4 is 16.0 Å². The minimum atomic E-state index is -0.583. The molecule has 8 nitrogen and oxygen atoms in total. The fourth-order valence-electron chi connectivity index (χ4n) is 2.31. The number of likely N-dealkylation sites (tertiary alicyclic amines) is 1. The van der Waals surface area contributed by atoms with E-state index in [1.54, 1.807) is 4.90 Å². The first-order valence-electron chi connectivity index (χ1n) is 9.29. The van der Waals surface area contributed by atoms with Crippen LogP contribution in [0.3, 0.4) is 0 Å². The molecular formula is C18H35N5O3. The van der Waals surface area contributed by atoms with Gasteiger partial charge in [0.1, 0.15) is 5.60 Å². The van der Waals surface area contributed by atoms with Gasteiger partial charge >= 0.3 is 6.09 Å². The number of rotatable bonds is 6. The summed E-state index contributed by atoms with van der Waals surface area (Å²) in [7, 11) is 0. The third-order valence-corrected chi connectivity index (χ3v) is 3.80. The molecule has 0 aromatic rings. The molecule has 3 N–H and O–H groups in total. The second-order valence-corrected chi connectivity index (χ2v) is 8.17. The van der Waals surface area contributed by atoms with E-state index >= 15 is 0 Å². The Hall–Kier alpha value is -1.99. The van der Waals surface area contributed by atoms with E-state index in [0.29, 0.717) is 32.1 Å². The lowest BCUT2D eigenvalue weighted by atomic mass is 9.92. The Balaban J connectivity index is 2.54. The summed E-state index contributed by atoms with van der Waals surface area (Å²) in [6.45, 7) is 16.0. The summed E-state index contributed by atoms with van der Waals surface area (Å²) in [5.41, 5.74) is -1.07. The first-order chi connectivity index (χ1) is 12.0. The number of hydrogen-bond donors (Lipinski definition) is 3. The van der Waals surface area contributed by atoms with Gasteiger partial charge in [-0.1, -0.05) is 0 Å². The third kappa shape index (κ3) is 7.09. The van der Waals surface area contributed by atoms with Gasteiger partial charge in [0.15, 0.2) is 5.96 Å². The van der Waals surface area contributed by atoms with Crippen LogP contribution in [0.4, 0.5) is 4.79 Å². The fraction of sp³-hybridized carbons (Fsp3) is 0.833. The Labute approximate surface area is 157 Å². The standard InChI is InChI=1S/C18H35N5O3/c1-8-19-14(24)18(6,7)12-21-15(20-9-2)22-13-10-23(11-13)16(25)26-17(3,4)5/h13H,8-12H2,1-7H3,(H,19,24)(H2,20,21,22). The highest BCUT2D eigenvalue weighted by Gasteiger charge is 2.34. The van der Waals surface area contributed by atoms with E-state index < -0.39 is 11.0 Å². The number of hydrogen-bond acceptors (Lipinski definition) is 4. The van der Waals surface area contributed by atoms with Gasteiger partial charge in [0.05, 0.1) is 18.0 Å². The maximum absolute atomic E-state index is 12.1. The summed E-state index contributed by atoms with van der Waals surface area (Å²) < 4.78 is 5.35. The van der Waals surface area contributed by atoms with E-state index in [-0.39, 0.29) is 18.0 Å². The summed E-state index contributed by atoms with van der Waals surface area (Å²) >= 11 is 0. The van der Waals surface area contributed by atoms with E-state index in [2.05, 4.69) is 20.9 Å². The van der Waals surface area contributed by atoms with Crippen LogP contribution in [0.5, 0.6) is 0 Å². The molecule has 1 aliphatic rings. The van der Waals surface area contributed by atoms with Gasteiger partial charge in [-0.05, 0) is 48.5 Å². The maximum Gasteiger partial charge on any atom is 0.410 e. The number of carbonyl (C=O) groups excluding carboxylic acids is 2. The third-order valence-electron chi connectivity index (χ3n) is 3.80. The van der Waals surface area contributed by atoms with Gasteiger partial charge < -0.3 is 25.6 Å². The van der Waals surface area contributed by atoms with Gasteiger partial charge in [0.25, 0.3) is 0 Å². The molecule has 1 aliphatic heterocycles. The molecule has 150 valence electrons. The van der Waals surface area contributed by atoms with Gasteiger partial charge in [-0.3, -0.25) is 9.79 Å². The second-order valence-electron chi connectivity index (χ2n) is 8.17. The SMILES string of the molecule is CCNC(=O)C(C)(C)CN=C(NCC)NC1CN(C(=O)OC(C)(C)C)C1. The zero-order chi connectivity index (χ0) is 20.0. The monoisotopic (exact) mass is 369 g/mol. The van der Waals surface area contributed by atoms with Gasteiger partial charge in [0.2, 0.25) is 5.91 Å². The lowest BCUT2D eigenvalue weighted by molar-refractivity contribution is -0.128. The van der Waals surface area contributed by atoms with E-state index in [4.69, 9.17) is 4.74 Å². The zero-order valence-electron chi connectivity index (χ0n) is 17.2. The number of aliphatic imine (C=N–C) groups is 1. The van der Waals surface area contributed by atoms with Crippen LogP contribution in [0.25, 0.3) is 0 Å². The van der Waals surface area contributed by atoms with Crippen LogP contribution in [-0.2, 0) is 9.53 Å². The van der Waals surface area contributed by atoms with E-state index in [1.807, 2.05) is 48.5 Å². The maximum atomic E-state index is 12.1. The number of nitrogens with zero attached hydrogens (tertiary/aromatic N) is 2. The molecule has 0 aliphatic carbocycles. The van der Waals surface area contributed by atoms with Gasteiger partial charge in [-0.25, -0.2) is 4.79 Å². The van der Waals surface area contributed by atoms with Crippen molar-refractivity contribution < 1.29 is 14.3 Å². The van der Waals surface area contributed by atoms with Crippen LogP contribution in [0.1, 0.15) is 48.5 Å². The summed E-state index contributed by atoms with van der Waals surface area (Å²) in [6.07, 6.45) is -0.296. The summed E-state index contributed by atoms with van der Waals surface area (Å²) in [4.78, 5) is 30.3. The average Bonchev–Trinajstić information content (AvgIpc) is 2.46. The molecule has 0 aromatic carbocycles. The van der Waals surface area contributed by atoms with Gasteiger partial charge in [-0.15, -0.1) is 0 Å². The number of nitrogens with one attached hydrogen (secondary N) is 3. The molecule has 1 rings (SSSR count). The molecule has 8 heteroatoms. The average molecular weight is 370 g/mol. The van der Waals surface area contributed by atoms with Crippen LogP contribution >= 0.6 is 0 Å². The van der Waals surface area contributed by atoms with Crippen LogP contribution in [0, 0.1) is 5.41 Å². The Morgan fingerprint density at radius 3 is 2.15 bits per heavy atom. The molecule has 1 heterocycles. The van der Waals surface area contributed by atoms with Gasteiger partial charge in [0, 0.05) is 26.2 Å². The van der Waals surface area contributed by atoms with Crippen LogP contribution in [-0.4, -0.2) is 67.2 Å². The lowest BCUT2D eigenvalue weighted by Gasteiger charge is -2.40. The van der Waals surface area contributed by atoms with Crippen molar-refractivity contribution in [3.05, 3.63) is 0 Å². The highest BCUT2D eigenvalue weighted by atomic mass is 16.6. The quantitative estimate of drug-likeness (QED) is 0.485. The van der Waals surface area contributed by atoms with Crippen molar-refractivity contribution >= 4 is 18.0 Å². The first-order valence-corrected chi connectivity index (χ1v) is 9.29. The zero-order valence-corrected chi connectivity index (χ0v) is 17.2. The summed E-state index contributed by atoms with van der Waals surface area (Å²) in [5.74, 6) is 0.637. The molecule has 0 atom stereocenters. The summed E-state index contributed by atoms with van der Waals surface area (Å²) in [5, 5.41) is 9.32. The smallest absolute Gasteiger partial charge is 0.410 e. The molecule has 0 bridgehead atoms. The molecule has 0 radical (unpaired) electrons. The molecular weight excluding hydrogens is 334 g/mol. The fourth-order valence-corrected chi connectivity index (χ4v) is 2.31. The predicted molar refractivity (Wildman–Crippen MR) is 103 cm³/mol. The lowest BCUT2D eigenvalue weighted by Crippen LogP contribution is -2.63. The van der Waals surface area contributed by atoms with Gasteiger partial charge in [-0.2, -0.15) is 0 Å². The van der Waals surface area contributed by atoms with Crippen LogP contribution in [0.2, 0.25) is 0 Å². The van der Waals surface area contributed by atoms with Crippen molar-refractivity contribution in [1.29, 1.82) is 0 Å². The van der Waals surface area contributed by atoms with Crippen molar-refractivity contribution in [2.24, 2.45) is 10.4 Å². The number of amides is 2. The Kier molecular flexibility index (Phi) is 7.71. The Morgan fingerprint density at radius 1 is 1.08 bits per heavy atom. The Bertz CT molecular complexity index is 519. The van der Waals surface area contributed by atoms with E-state index in [0.717, 1.165) is 6.54 Å². The minimum absolute atomic E-state index is 0.0145. The molecule has 2 amide bonds. The van der Waals surface area contributed by atoms with Crippen molar-refractivity contribution in [2.75, 3.05) is 32.7 Å². The van der Waals surface area contributed by atoms with E-state index in [9.17, 15) is 9.59 Å². The topological polar surface area (TPSA) is 95.1 Å². The highest BCUT2D eigenvalue weighted by Crippen LogP contribution is 2.17. The van der Waals surface area contributed by atoms with E-state index in [1.165, 1.54) is 0 Å². The molecule has 1 saturated heterocycles. The second kappa shape index (κ2) is 9.09. The molecule has 0 unspecified atom stereocenters. The van der Waals surface area contributed by atoms with Crippen LogP contribution in [0.15, 0.2) is 4.99 Å². The number of guanidine groups is 1.